The molecule has 2 aliphatic rings. The number of hydrogen-bond acceptors (Lipinski definition) is 3. The zero-order valence-corrected chi connectivity index (χ0v) is 12.6. The first-order valence-electron chi connectivity index (χ1n) is 7.80. The standard InChI is InChI=1S/C15H29N3O/c1-4-17-15(14(16)19,13-7-8-13)10-18-9-5-6-11(2)12(18)3/h11-13,17H,4-10H2,1-3H3,(H2,16,19). The maximum atomic E-state index is 12.1. The van der Waals surface area contributed by atoms with Gasteiger partial charge in [-0.3, -0.25) is 9.69 Å². The molecule has 0 bridgehead atoms. The van der Waals surface area contributed by atoms with Gasteiger partial charge in [-0.15, -0.1) is 0 Å². The molecule has 3 atom stereocenters. The van der Waals surface area contributed by atoms with Crippen LogP contribution in [0, 0.1) is 11.8 Å². The summed E-state index contributed by atoms with van der Waals surface area (Å²) in [6.07, 6.45) is 4.80. The largest absolute Gasteiger partial charge is 0.368 e. The summed E-state index contributed by atoms with van der Waals surface area (Å²) in [5.41, 5.74) is 5.27. The quantitative estimate of drug-likeness (QED) is 0.764. The fourth-order valence-electron chi connectivity index (χ4n) is 3.55. The van der Waals surface area contributed by atoms with Gasteiger partial charge in [-0.2, -0.15) is 0 Å². The van der Waals surface area contributed by atoms with Crippen molar-refractivity contribution in [3.63, 3.8) is 0 Å². The number of hydrogen-bond donors (Lipinski definition) is 2. The molecule has 0 radical (unpaired) electrons. The smallest absolute Gasteiger partial charge is 0.239 e. The summed E-state index contributed by atoms with van der Waals surface area (Å²) in [4.78, 5) is 14.6. The van der Waals surface area contributed by atoms with Crippen LogP contribution in [-0.2, 0) is 4.79 Å². The van der Waals surface area contributed by atoms with Crippen molar-refractivity contribution in [2.24, 2.45) is 17.6 Å². The number of carbonyl (C=O) groups is 1. The maximum absolute atomic E-state index is 12.1. The van der Waals surface area contributed by atoms with Gasteiger partial charge in [-0.05, 0) is 57.5 Å². The van der Waals surface area contributed by atoms with E-state index in [1.165, 1.54) is 12.8 Å². The van der Waals surface area contributed by atoms with E-state index in [0.717, 1.165) is 32.5 Å². The minimum atomic E-state index is -0.500. The monoisotopic (exact) mass is 267 g/mol. The van der Waals surface area contributed by atoms with Gasteiger partial charge >= 0.3 is 0 Å². The molecule has 0 aromatic carbocycles. The van der Waals surface area contributed by atoms with E-state index in [1.807, 2.05) is 0 Å². The third kappa shape index (κ3) is 2.95. The third-order valence-corrected chi connectivity index (χ3v) is 5.16. The summed E-state index contributed by atoms with van der Waals surface area (Å²) in [5.74, 6) is 0.983. The van der Waals surface area contributed by atoms with Crippen molar-refractivity contribution >= 4 is 5.91 Å². The summed E-state index contributed by atoms with van der Waals surface area (Å²) in [6.45, 7) is 9.34. The molecular weight excluding hydrogens is 238 g/mol. The topological polar surface area (TPSA) is 58.4 Å². The van der Waals surface area contributed by atoms with E-state index in [2.05, 4.69) is 31.0 Å². The van der Waals surface area contributed by atoms with E-state index in [9.17, 15) is 4.79 Å². The SMILES string of the molecule is CCNC(CN1CCCC(C)C1C)(C(N)=O)C1CC1. The second-order valence-corrected chi connectivity index (χ2v) is 6.47. The Morgan fingerprint density at radius 2 is 2.05 bits per heavy atom. The summed E-state index contributed by atoms with van der Waals surface area (Å²) >= 11 is 0. The Labute approximate surface area is 117 Å². The zero-order chi connectivity index (χ0) is 14.0. The van der Waals surface area contributed by atoms with Crippen LogP contribution in [0.5, 0.6) is 0 Å². The van der Waals surface area contributed by atoms with E-state index in [-0.39, 0.29) is 5.91 Å². The van der Waals surface area contributed by atoms with Crippen LogP contribution in [-0.4, -0.2) is 42.0 Å². The highest BCUT2D eigenvalue weighted by molar-refractivity contribution is 5.86. The number of carbonyl (C=O) groups excluding carboxylic acids is 1. The van der Waals surface area contributed by atoms with Crippen molar-refractivity contribution in [1.82, 2.24) is 10.2 Å². The van der Waals surface area contributed by atoms with Crippen molar-refractivity contribution in [2.45, 2.75) is 58.0 Å². The van der Waals surface area contributed by atoms with E-state index in [0.29, 0.717) is 17.9 Å². The second kappa shape index (κ2) is 5.80. The first-order valence-corrected chi connectivity index (χ1v) is 7.80. The molecule has 19 heavy (non-hydrogen) atoms. The van der Waals surface area contributed by atoms with Crippen LogP contribution < -0.4 is 11.1 Å². The molecule has 4 heteroatoms. The molecular formula is C15H29N3O. The van der Waals surface area contributed by atoms with E-state index >= 15 is 0 Å². The van der Waals surface area contributed by atoms with Crippen molar-refractivity contribution < 1.29 is 4.79 Å². The Balaban J connectivity index is 2.12. The second-order valence-electron chi connectivity index (χ2n) is 6.47. The Bertz CT molecular complexity index is 329. The Morgan fingerprint density at radius 3 is 2.58 bits per heavy atom. The summed E-state index contributed by atoms with van der Waals surface area (Å²) in [6, 6.07) is 0.546. The summed E-state index contributed by atoms with van der Waals surface area (Å²) in [7, 11) is 0. The lowest BCUT2D eigenvalue weighted by Gasteiger charge is -2.44. The number of piperidine rings is 1. The molecule has 1 saturated heterocycles. The van der Waals surface area contributed by atoms with Crippen LogP contribution in [0.15, 0.2) is 0 Å². The van der Waals surface area contributed by atoms with Gasteiger partial charge in [0.1, 0.15) is 5.54 Å². The predicted octanol–water partition coefficient (Wildman–Crippen LogP) is 1.35. The lowest BCUT2D eigenvalue weighted by atomic mass is 9.86. The van der Waals surface area contributed by atoms with Crippen LogP contribution >= 0.6 is 0 Å². The predicted molar refractivity (Wildman–Crippen MR) is 77.8 cm³/mol. The van der Waals surface area contributed by atoms with Crippen LogP contribution in [0.4, 0.5) is 0 Å². The molecule has 1 amide bonds. The number of amides is 1. The van der Waals surface area contributed by atoms with Gasteiger partial charge in [-0.25, -0.2) is 0 Å². The highest BCUT2D eigenvalue weighted by Gasteiger charge is 2.50. The van der Waals surface area contributed by atoms with E-state index in [1.54, 1.807) is 0 Å². The molecule has 4 nitrogen and oxygen atoms in total. The molecule has 1 aliphatic heterocycles. The molecule has 2 rings (SSSR count). The number of nitrogens with zero attached hydrogens (tertiary/aromatic N) is 1. The average Bonchev–Trinajstić information content (AvgIpc) is 3.18. The highest BCUT2D eigenvalue weighted by atomic mass is 16.1. The third-order valence-electron chi connectivity index (χ3n) is 5.16. The highest BCUT2D eigenvalue weighted by Crippen LogP contribution is 2.41. The number of nitrogens with one attached hydrogen (secondary N) is 1. The number of primary amides is 1. The fraction of sp³-hybridized carbons (Fsp3) is 0.933. The molecule has 1 saturated carbocycles. The van der Waals surface area contributed by atoms with E-state index < -0.39 is 5.54 Å². The van der Waals surface area contributed by atoms with Crippen LogP contribution in [0.3, 0.4) is 0 Å². The Morgan fingerprint density at radius 1 is 1.37 bits per heavy atom. The summed E-state index contributed by atoms with van der Waals surface area (Å²) < 4.78 is 0. The van der Waals surface area contributed by atoms with Crippen molar-refractivity contribution in [2.75, 3.05) is 19.6 Å². The van der Waals surface area contributed by atoms with Crippen molar-refractivity contribution in [3.05, 3.63) is 0 Å². The molecule has 2 fully saturated rings. The van der Waals surface area contributed by atoms with Crippen LogP contribution in [0.25, 0.3) is 0 Å². The number of nitrogens with two attached hydrogens (primary N) is 1. The van der Waals surface area contributed by atoms with Gasteiger partial charge in [-0.1, -0.05) is 13.8 Å². The van der Waals surface area contributed by atoms with Gasteiger partial charge in [0.15, 0.2) is 0 Å². The number of rotatable bonds is 6. The molecule has 110 valence electrons. The van der Waals surface area contributed by atoms with E-state index in [4.69, 9.17) is 5.73 Å². The minimum Gasteiger partial charge on any atom is -0.368 e. The van der Waals surface area contributed by atoms with Crippen LogP contribution in [0.1, 0.15) is 46.5 Å². The summed E-state index contributed by atoms with van der Waals surface area (Å²) in [5, 5.41) is 3.42. The first kappa shape index (κ1) is 14.8. The number of likely N-dealkylation sites (tertiary alicyclic amines) is 1. The minimum absolute atomic E-state index is 0.165. The van der Waals surface area contributed by atoms with Crippen molar-refractivity contribution in [1.29, 1.82) is 0 Å². The Hall–Kier alpha value is -0.610. The van der Waals surface area contributed by atoms with Crippen molar-refractivity contribution in [3.8, 4) is 0 Å². The van der Waals surface area contributed by atoms with Gasteiger partial charge in [0.05, 0.1) is 0 Å². The van der Waals surface area contributed by atoms with Gasteiger partial charge in [0.2, 0.25) is 5.91 Å². The zero-order valence-electron chi connectivity index (χ0n) is 12.6. The van der Waals surface area contributed by atoms with Gasteiger partial charge < -0.3 is 11.1 Å². The lowest BCUT2D eigenvalue weighted by Crippen LogP contribution is -2.65. The maximum Gasteiger partial charge on any atom is 0.239 e. The van der Waals surface area contributed by atoms with Crippen LogP contribution in [0.2, 0.25) is 0 Å². The molecule has 1 heterocycles. The van der Waals surface area contributed by atoms with Gasteiger partial charge in [0.25, 0.3) is 0 Å². The number of likely N-dealkylation sites (N-methyl/N-ethyl adjacent to an activating group) is 1. The average molecular weight is 267 g/mol. The molecule has 0 aromatic rings. The first-order chi connectivity index (χ1) is 9.01. The molecule has 1 aliphatic carbocycles. The lowest BCUT2D eigenvalue weighted by molar-refractivity contribution is -0.127. The molecule has 0 spiro atoms. The fourth-order valence-corrected chi connectivity index (χ4v) is 3.55. The normalized spacial score (nSPS) is 31.9. The molecule has 3 N–H and O–H groups in total. The Kier molecular flexibility index (Phi) is 4.51. The molecule has 3 unspecified atom stereocenters. The van der Waals surface area contributed by atoms with Gasteiger partial charge in [0, 0.05) is 12.6 Å². The molecule has 0 aromatic heterocycles.